The third kappa shape index (κ3) is 5.12. The van der Waals surface area contributed by atoms with Crippen molar-refractivity contribution in [3.05, 3.63) is 0 Å². The molecule has 116 valence electrons. The van der Waals surface area contributed by atoms with Gasteiger partial charge >= 0.3 is 5.97 Å². The van der Waals surface area contributed by atoms with E-state index in [0.29, 0.717) is 12.5 Å². The Morgan fingerprint density at radius 2 is 2.05 bits per heavy atom. The Hall–Kier alpha value is -1.10. The van der Waals surface area contributed by atoms with Gasteiger partial charge in [0.05, 0.1) is 19.1 Å². The van der Waals surface area contributed by atoms with E-state index in [1.165, 1.54) is 7.11 Å². The number of amides is 1. The summed E-state index contributed by atoms with van der Waals surface area (Å²) in [6.07, 6.45) is 2.78. The van der Waals surface area contributed by atoms with E-state index in [1.54, 1.807) is 0 Å². The highest BCUT2D eigenvalue weighted by Gasteiger charge is 2.31. The van der Waals surface area contributed by atoms with Crippen molar-refractivity contribution in [1.82, 2.24) is 10.2 Å². The van der Waals surface area contributed by atoms with E-state index in [4.69, 9.17) is 4.74 Å². The highest BCUT2D eigenvalue weighted by molar-refractivity contribution is 5.81. The standard InChI is InChI=1S/C15H28N2O3/c1-11(2)7-8-16-14(18)12(3)17-9-5-6-13(10-17)15(19)20-4/h11-13H,5-10H2,1-4H3,(H,16,18). The lowest BCUT2D eigenvalue weighted by Gasteiger charge is -2.34. The van der Waals surface area contributed by atoms with Crippen LogP contribution in [-0.2, 0) is 14.3 Å². The lowest BCUT2D eigenvalue weighted by atomic mass is 9.97. The number of hydrogen-bond acceptors (Lipinski definition) is 4. The van der Waals surface area contributed by atoms with Crippen molar-refractivity contribution in [3.8, 4) is 0 Å². The second kappa shape index (κ2) is 8.25. The van der Waals surface area contributed by atoms with E-state index < -0.39 is 0 Å². The topological polar surface area (TPSA) is 58.6 Å². The molecule has 0 bridgehead atoms. The van der Waals surface area contributed by atoms with Gasteiger partial charge in [0.25, 0.3) is 0 Å². The van der Waals surface area contributed by atoms with Crippen LogP contribution in [0.15, 0.2) is 0 Å². The number of esters is 1. The maximum atomic E-state index is 12.1. The van der Waals surface area contributed by atoms with Crippen LogP contribution in [0.25, 0.3) is 0 Å². The minimum absolute atomic E-state index is 0.0520. The summed E-state index contributed by atoms with van der Waals surface area (Å²) in [4.78, 5) is 25.8. The first-order valence-corrected chi connectivity index (χ1v) is 7.55. The molecule has 1 N–H and O–H groups in total. The first-order valence-electron chi connectivity index (χ1n) is 7.55. The van der Waals surface area contributed by atoms with Crippen molar-refractivity contribution in [2.24, 2.45) is 11.8 Å². The number of carbonyl (C=O) groups excluding carboxylic acids is 2. The van der Waals surface area contributed by atoms with Crippen LogP contribution in [0.3, 0.4) is 0 Å². The lowest BCUT2D eigenvalue weighted by Crippen LogP contribution is -2.50. The number of nitrogens with zero attached hydrogens (tertiary/aromatic N) is 1. The Morgan fingerprint density at radius 3 is 2.65 bits per heavy atom. The molecule has 20 heavy (non-hydrogen) atoms. The van der Waals surface area contributed by atoms with Gasteiger partial charge in [0, 0.05) is 13.1 Å². The van der Waals surface area contributed by atoms with Crippen molar-refractivity contribution in [3.63, 3.8) is 0 Å². The maximum absolute atomic E-state index is 12.1. The van der Waals surface area contributed by atoms with Crippen molar-refractivity contribution >= 4 is 11.9 Å². The van der Waals surface area contributed by atoms with Gasteiger partial charge in [-0.3, -0.25) is 14.5 Å². The van der Waals surface area contributed by atoms with Gasteiger partial charge in [-0.15, -0.1) is 0 Å². The molecule has 1 fully saturated rings. The Kier molecular flexibility index (Phi) is 6.99. The molecule has 0 aromatic heterocycles. The smallest absolute Gasteiger partial charge is 0.309 e. The highest BCUT2D eigenvalue weighted by Crippen LogP contribution is 2.19. The SMILES string of the molecule is COC(=O)C1CCCN(C(C)C(=O)NCCC(C)C)C1. The molecular formula is C15H28N2O3. The van der Waals surface area contributed by atoms with E-state index in [2.05, 4.69) is 24.1 Å². The van der Waals surface area contributed by atoms with Crippen molar-refractivity contribution < 1.29 is 14.3 Å². The van der Waals surface area contributed by atoms with Crippen LogP contribution >= 0.6 is 0 Å². The monoisotopic (exact) mass is 284 g/mol. The van der Waals surface area contributed by atoms with Gasteiger partial charge in [0.2, 0.25) is 5.91 Å². The number of ether oxygens (including phenoxy) is 1. The van der Waals surface area contributed by atoms with Crippen LogP contribution in [0.2, 0.25) is 0 Å². The summed E-state index contributed by atoms with van der Waals surface area (Å²) in [5.74, 6) is 0.377. The quantitative estimate of drug-likeness (QED) is 0.750. The fraction of sp³-hybridized carbons (Fsp3) is 0.867. The van der Waals surface area contributed by atoms with Crippen molar-refractivity contribution in [2.75, 3.05) is 26.7 Å². The van der Waals surface area contributed by atoms with Gasteiger partial charge in [-0.2, -0.15) is 0 Å². The number of carbonyl (C=O) groups is 2. The van der Waals surface area contributed by atoms with Gasteiger partial charge in [0.1, 0.15) is 0 Å². The minimum atomic E-state index is -0.186. The molecule has 5 nitrogen and oxygen atoms in total. The van der Waals surface area contributed by atoms with Crippen molar-refractivity contribution in [2.45, 2.75) is 46.1 Å². The predicted molar refractivity (Wildman–Crippen MR) is 78.2 cm³/mol. The molecule has 1 aliphatic heterocycles. The van der Waals surface area contributed by atoms with Gasteiger partial charge in [-0.1, -0.05) is 13.8 Å². The van der Waals surface area contributed by atoms with E-state index in [-0.39, 0.29) is 23.8 Å². The van der Waals surface area contributed by atoms with E-state index >= 15 is 0 Å². The summed E-state index contributed by atoms with van der Waals surface area (Å²) in [5.41, 5.74) is 0. The summed E-state index contributed by atoms with van der Waals surface area (Å²) >= 11 is 0. The van der Waals surface area contributed by atoms with E-state index in [0.717, 1.165) is 32.4 Å². The Labute approximate surface area is 122 Å². The molecule has 0 aliphatic carbocycles. The molecule has 0 spiro atoms. The second-order valence-electron chi connectivity index (χ2n) is 6.01. The molecule has 1 heterocycles. The zero-order chi connectivity index (χ0) is 15.1. The summed E-state index contributed by atoms with van der Waals surface area (Å²) in [6, 6.07) is -0.186. The number of hydrogen-bond donors (Lipinski definition) is 1. The molecule has 2 unspecified atom stereocenters. The van der Waals surface area contributed by atoms with Crippen molar-refractivity contribution in [1.29, 1.82) is 0 Å². The molecule has 0 saturated carbocycles. The summed E-state index contributed by atoms with van der Waals surface area (Å²) in [7, 11) is 1.42. The highest BCUT2D eigenvalue weighted by atomic mass is 16.5. The number of likely N-dealkylation sites (tertiary alicyclic amines) is 1. The average Bonchev–Trinajstić information content (AvgIpc) is 2.45. The van der Waals surface area contributed by atoms with Gasteiger partial charge in [0.15, 0.2) is 0 Å². The number of nitrogens with one attached hydrogen (secondary N) is 1. The largest absolute Gasteiger partial charge is 0.469 e. The molecule has 0 radical (unpaired) electrons. The fourth-order valence-electron chi connectivity index (χ4n) is 2.51. The minimum Gasteiger partial charge on any atom is -0.469 e. The van der Waals surface area contributed by atoms with Crippen LogP contribution in [0, 0.1) is 11.8 Å². The molecule has 1 rings (SSSR count). The van der Waals surface area contributed by atoms with Gasteiger partial charge in [-0.05, 0) is 38.6 Å². The van der Waals surface area contributed by atoms with Gasteiger partial charge < -0.3 is 10.1 Å². The first kappa shape index (κ1) is 17.0. The summed E-state index contributed by atoms with van der Waals surface area (Å²) in [6.45, 7) is 8.39. The van der Waals surface area contributed by atoms with Crippen LogP contribution in [0.1, 0.15) is 40.0 Å². The average molecular weight is 284 g/mol. The number of rotatable bonds is 6. The van der Waals surface area contributed by atoms with E-state index in [1.807, 2.05) is 6.92 Å². The van der Waals surface area contributed by atoms with E-state index in [9.17, 15) is 9.59 Å². The molecule has 0 aromatic rings. The zero-order valence-electron chi connectivity index (χ0n) is 13.1. The fourth-order valence-corrected chi connectivity index (χ4v) is 2.51. The number of methoxy groups -OCH3 is 1. The molecule has 1 amide bonds. The number of piperidine rings is 1. The molecule has 2 atom stereocenters. The Bertz CT molecular complexity index is 331. The van der Waals surface area contributed by atoms with Gasteiger partial charge in [-0.25, -0.2) is 0 Å². The molecular weight excluding hydrogens is 256 g/mol. The van der Waals surface area contributed by atoms with Crippen LogP contribution in [0.4, 0.5) is 0 Å². The molecule has 1 aliphatic rings. The summed E-state index contributed by atoms with van der Waals surface area (Å²) in [5, 5.41) is 2.97. The first-order chi connectivity index (χ1) is 9.45. The maximum Gasteiger partial charge on any atom is 0.309 e. The predicted octanol–water partition coefficient (Wildman–Crippen LogP) is 1.42. The Morgan fingerprint density at radius 1 is 1.35 bits per heavy atom. The second-order valence-corrected chi connectivity index (χ2v) is 6.01. The normalized spacial score (nSPS) is 21.6. The van der Waals surface area contributed by atoms with Crippen LogP contribution in [-0.4, -0.2) is 49.6 Å². The Balaban J connectivity index is 2.43. The van der Waals surface area contributed by atoms with Crippen LogP contribution in [0.5, 0.6) is 0 Å². The molecule has 0 aromatic carbocycles. The molecule has 1 saturated heterocycles. The third-order valence-electron chi connectivity index (χ3n) is 3.94. The third-order valence-corrected chi connectivity index (χ3v) is 3.94. The van der Waals surface area contributed by atoms with Crippen LogP contribution < -0.4 is 5.32 Å². The lowest BCUT2D eigenvalue weighted by molar-refractivity contribution is -0.148. The zero-order valence-corrected chi connectivity index (χ0v) is 13.1. The molecule has 5 heteroatoms. The summed E-state index contributed by atoms with van der Waals surface area (Å²) < 4.78 is 4.80.